The molecule has 0 spiro atoms. The molecule has 0 saturated carbocycles. The first-order valence-electron chi connectivity index (χ1n) is 14.2. The number of likely N-dealkylation sites (tertiary alicyclic amines) is 2. The van der Waals surface area contributed by atoms with E-state index in [1.807, 2.05) is 19.0 Å². The number of nitrogens with one attached hydrogen (secondary N) is 1. The van der Waals surface area contributed by atoms with Crippen LogP contribution in [0.2, 0.25) is 5.02 Å². The number of likely N-dealkylation sites (N-methyl/N-ethyl adjacent to an activating group) is 1. The van der Waals surface area contributed by atoms with Crippen LogP contribution in [0.1, 0.15) is 33.8 Å². The van der Waals surface area contributed by atoms with Gasteiger partial charge in [-0.15, -0.1) is 0 Å². The Balaban J connectivity index is 1.20. The Morgan fingerprint density at radius 1 is 1.04 bits per heavy atom. The van der Waals surface area contributed by atoms with Crippen molar-refractivity contribution in [3.05, 3.63) is 64.6 Å². The van der Waals surface area contributed by atoms with Crippen molar-refractivity contribution in [1.29, 1.82) is 0 Å². The van der Waals surface area contributed by atoms with Crippen LogP contribution in [-0.4, -0.2) is 94.9 Å². The monoisotopic (exact) mass is 650 g/mol. The number of ether oxygens (including phenoxy) is 1. The summed E-state index contributed by atoms with van der Waals surface area (Å²) in [4.78, 5) is 48.6. The van der Waals surface area contributed by atoms with E-state index in [1.54, 1.807) is 4.90 Å². The fourth-order valence-electron chi connectivity index (χ4n) is 5.46. The van der Waals surface area contributed by atoms with Gasteiger partial charge in [0.1, 0.15) is 0 Å². The molecule has 2 aliphatic heterocycles. The van der Waals surface area contributed by atoms with Crippen molar-refractivity contribution in [2.75, 3.05) is 45.6 Å². The number of halogens is 5. The lowest BCUT2D eigenvalue weighted by Gasteiger charge is -2.45. The van der Waals surface area contributed by atoms with Crippen LogP contribution in [0.25, 0.3) is 11.3 Å². The highest BCUT2D eigenvalue weighted by Crippen LogP contribution is 2.32. The number of amides is 3. The first kappa shape index (κ1) is 32.2. The van der Waals surface area contributed by atoms with Crippen LogP contribution in [0, 0.1) is 17.6 Å². The van der Waals surface area contributed by atoms with Crippen molar-refractivity contribution in [2.45, 2.75) is 25.5 Å². The molecule has 1 N–H and O–H groups in total. The quantitative estimate of drug-likeness (QED) is 0.361. The van der Waals surface area contributed by atoms with Crippen LogP contribution in [0.5, 0.6) is 5.75 Å². The number of benzene rings is 2. The van der Waals surface area contributed by atoms with Crippen LogP contribution >= 0.6 is 11.6 Å². The van der Waals surface area contributed by atoms with Gasteiger partial charge >= 0.3 is 6.61 Å². The molecule has 3 heterocycles. The van der Waals surface area contributed by atoms with Gasteiger partial charge < -0.3 is 29.3 Å². The molecule has 5 rings (SSSR count). The van der Waals surface area contributed by atoms with E-state index in [0.717, 1.165) is 31.4 Å². The van der Waals surface area contributed by atoms with Gasteiger partial charge in [0.05, 0.1) is 22.5 Å². The first-order chi connectivity index (χ1) is 21.3. The van der Waals surface area contributed by atoms with E-state index >= 15 is 0 Å². The molecule has 10 nitrogen and oxygen atoms in total. The van der Waals surface area contributed by atoms with Gasteiger partial charge in [-0.2, -0.15) is 13.2 Å². The fraction of sp³-hybridized carbons (Fsp3) is 0.400. The first-order valence-corrected chi connectivity index (χ1v) is 14.5. The molecule has 0 bridgehead atoms. The van der Waals surface area contributed by atoms with Crippen molar-refractivity contribution in [3.8, 4) is 17.0 Å². The molecular weight excluding hydrogens is 620 g/mol. The predicted molar refractivity (Wildman–Crippen MR) is 157 cm³/mol. The summed E-state index contributed by atoms with van der Waals surface area (Å²) in [6, 6.07) is 6.67. The molecule has 0 atom stereocenters. The third-order valence-corrected chi connectivity index (χ3v) is 8.54. The Labute approximate surface area is 261 Å². The Hall–Kier alpha value is -4.17. The molecule has 15 heteroatoms. The van der Waals surface area contributed by atoms with Crippen LogP contribution in [0.3, 0.4) is 0 Å². The van der Waals surface area contributed by atoms with Gasteiger partial charge in [0.2, 0.25) is 11.7 Å². The van der Waals surface area contributed by atoms with E-state index in [9.17, 15) is 31.9 Å². The molecule has 2 aromatic carbocycles. The van der Waals surface area contributed by atoms with Gasteiger partial charge in [-0.05, 0) is 57.3 Å². The fourth-order valence-corrected chi connectivity index (χ4v) is 5.72. The third kappa shape index (κ3) is 6.61. The lowest BCUT2D eigenvalue weighted by molar-refractivity contribution is -0.143. The largest absolute Gasteiger partial charge is 0.432 e. The van der Waals surface area contributed by atoms with Crippen LogP contribution < -0.4 is 10.1 Å². The summed E-state index contributed by atoms with van der Waals surface area (Å²) in [5.74, 6) is -5.14. The van der Waals surface area contributed by atoms with Crippen molar-refractivity contribution >= 4 is 35.0 Å². The molecule has 3 aromatic rings. The number of anilines is 1. The summed E-state index contributed by atoms with van der Waals surface area (Å²) in [5, 5.41) is 2.72. The summed E-state index contributed by atoms with van der Waals surface area (Å²) >= 11 is 6.43. The number of aromatic nitrogens is 2. The molecule has 0 aliphatic carbocycles. The van der Waals surface area contributed by atoms with E-state index in [2.05, 4.69) is 19.9 Å². The lowest BCUT2D eigenvalue weighted by atomic mass is 9.93. The summed E-state index contributed by atoms with van der Waals surface area (Å²) < 4.78 is 59.0. The minimum absolute atomic E-state index is 0.00669. The number of alkyl halides is 2. The number of piperidine rings is 1. The zero-order chi connectivity index (χ0) is 32.6. The summed E-state index contributed by atoms with van der Waals surface area (Å²) in [6.45, 7) is -1.05. The molecule has 2 fully saturated rings. The highest BCUT2D eigenvalue weighted by Gasteiger charge is 2.37. The average Bonchev–Trinajstić information content (AvgIpc) is 3.35. The zero-order valence-electron chi connectivity index (χ0n) is 24.7. The Kier molecular flexibility index (Phi) is 9.35. The van der Waals surface area contributed by atoms with E-state index in [4.69, 9.17) is 11.6 Å². The highest BCUT2D eigenvalue weighted by atomic mass is 35.5. The standard InChI is InChI=1S/C30H31ClF4N6O4/c1-38(2)18-14-41(15-18)28(43)16-8-10-40(11-9-16)29(44)19-5-4-17(12-21(19)31)37-27(42)26-36-13-22(39(26)3)20-6-7-23(45-30(34)35)25(33)24(20)32/h4-7,12-13,16,18,30H,8-11,14-15H2,1-3H3,(H,37,42). The second kappa shape index (κ2) is 13.1. The second-order valence-electron chi connectivity index (χ2n) is 11.2. The molecule has 3 amide bonds. The number of carbonyl (C=O) groups is 3. The van der Waals surface area contributed by atoms with Gasteiger partial charge in [0.25, 0.3) is 11.8 Å². The van der Waals surface area contributed by atoms with Crippen LogP contribution in [0.4, 0.5) is 23.2 Å². The maximum Gasteiger partial charge on any atom is 0.387 e. The van der Waals surface area contributed by atoms with E-state index in [0.29, 0.717) is 32.0 Å². The minimum atomic E-state index is -3.33. The molecule has 2 saturated heterocycles. The van der Waals surface area contributed by atoms with E-state index < -0.39 is 29.9 Å². The van der Waals surface area contributed by atoms with Crippen LogP contribution in [-0.2, 0) is 11.8 Å². The topological polar surface area (TPSA) is 100 Å². The summed E-state index contributed by atoms with van der Waals surface area (Å²) in [6.07, 6.45) is 2.26. The van der Waals surface area contributed by atoms with Gasteiger partial charge in [0.15, 0.2) is 17.4 Å². The molecular formula is C30H31ClF4N6O4. The van der Waals surface area contributed by atoms with Crippen molar-refractivity contribution in [3.63, 3.8) is 0 Å². The Bertz CT molecular complexity index is 1620. The number of hydrogen-bond donors (Lipinski definition) is 1. The van der Waals surface area contributed by atoms with E-state index in [-0.39, 0.29) is 51.1 Å². The summed E-state index contributed by atoms with van der Waals surface area (Å²) in [7, 11) is 5.39. The van der Waals surface area contributed by atoms with Crippen molar-refractivity contribution < 1.29 is 36.7 Å². The highest BCUT2D eigenvalue weighted by molar-refractivity contribution is 6.34. The SMILES string of the molecule is CN(C)C1CN(C(=O)C2CCN(C(=O)c3ccc(NC(=O)c4ncc(-c5ccc(OC(F)F)c(F)c5F)n4C)cc3Cl)CC2)C1. The number of nitrogens with zero attached hydrogens (tertiary/aromatic N) is 5. The molecule has 0 unspecified atom stereocenters. The third-order valence-electron chi connectivity index (χ3n) is 8.22. The van der Waals surface area contributed by atoms with Crippen molar-refractivity contribution in [2.24, 2.45) is 13.0 Å². The lowest BCUT2D eigenvalue weighted by Crippen LogP contribution is -2.61. The van der Waals surface area contributed by atoms with Gasteiger partial charge in [-0.3, -0.25) is 14.4 Å². The van der Waals surface area contributed by atoms with E-state index in [1.165, 1.54) is 29.8 Å². The smallest absolute Gasteiger partial charge is 0.387 e. The molecule has 45 heavy (non-hydrogen) atoms. The number of carbonyl (C=O) groups excluding carboxylic acids is 3. The average molecular weight is 651 g/mol. The summed E-state index contributed by atoms with van der Waals surface area (Å²) in [5.41, 5.74) is 0.187. The number of hydrogen-bond acceptors (Lipinski definition) is 6. The maximum atomic E-state index is 14.7. The second-order valence-corrected chi connectivity index (χ2v) is 11.6. The van der Waals surface area contributed by atoms with Crippen molar-refractivity contribution in [1.82, 2.24) is 24.3 Å². The van der Waals surface area contributed by atoms with Gasteiger partial charge in [0, 0.05) is 56.4 Å². The molecule has 0 radical (unpaired) electrons. The zero-order valence-corrected chi connectivity index (χ0v) is 25.5. The Morgan fingerprint density at radius 2 is 1.73 bits per heavy atom. The maximum absolute atomic E-state index is 14.7. The molecule has 240 valence electrons. The van der Waals surface area contributed by atoms with Gasteiger partial charge in [-0.25, -0.2) is 9.37 Å². The van der Waals surface area contributed by atoms with Crippen LogP contribution in [0.15, 0.2) is 36.5 Å². The van der Waals surface area contributed by atoms with Gasteiger partial charge in [-0.1, -0.05) is 11.6 Å². The molecule has 2 aliphatic rings. The number of imidazole rings is 1. The number of rotatable bonds is 8. The normalized spacial score (nSPS) is 15.9. The predicted octanol–water partition coefficient (Wildman–Crippen LogP) is 4.50. The Morgan fingerprint density at radius 3 is 2.36 bits per heavy atom. The molecule has 1 aromatic heterocycles. The minimum Gasteiger partial charge on any atom is -0.432 e.